The lowest BCUT2D eigenvalue weighted by Gasteiger charge is -2.35. The van der Waals surface area contributed by atoms with E-state index in [0.29, 0.717) is 10.9 Å². The maximum atomic E-state index is 12.4. The minimum atomic E-state index is -1.97. The third-order valence-electron chi connectivity index (χ3n) is 3.59. The summed E-state index contributed by atoms with van der Waals surface area (Å²) >= 11 is 0. The van der Waals surface area contributed by atoms with E-state index in [4.69, 9.17) is 0 Å². The molecule has 22 heavy (non-hydrogen) atoms. The molecule has 0 aliphatic carbocycles. The molecular formula is C13H9N5O4. The Kier molecular flexibility index (Phi) is 2.29. The second-order valence-corrected chi connectivity index (χ2v) is 5.06. The highest BCUT2D eigenvalue weighted by Gasteiger charge is 2.48. The number of nitrogens with one attached hydrogen (secondary N) is 2. The smallest absolute Gasteiger partial charge is 0.324 e. The van der Waals surface area contributed by atoms with Crippen LogP contribution < -0.4 is 16.2 Å². The number of carbonyl (C=O) groups is 2. The summed E-state index contributed by atoms with van der Waals surface area (Å²) in [6.07, 6.45) is -0.231. The van der Waals surface area contributed by atoms with E-state index in [1.807, 2.05) is 5.32 Å². The van der Waals surface area contributed by atoms with Gasteiger partial charge in [-0.2, -0.15) is 9.78 Å². The third kappa shape index (κ3) is 1.59. The van der Waals surface area contributed by atoms with Gasteiger partial charge in [0.2, 0.25) is 0 Å². The summed E-state index contributed by atoms with van der Waals surface area (Å²) in [7, 11) is 0. The Hall–Kier alpha value is -3.07. The Morgan fingerprint density at radius 2 is 2.00 bits per heavy atom. The molecule has 9 nitrogen and oxygen atoms in total. The van der Waals surface area contributed by atoms with Gasteiger partial charge in [-0.15, -0.1) is 0 Å². The minimum Gasteiger partial charge on any atom is -0.365 e. The number of amides is 3. The van der Waals surface area contributed by atoms with Gasteiger partial charge in [0.15, 0.2) is 11.4 Å². The number of fused-ring (bicyclic) bond motifs is 3. The van der Waals surface area contributed by atoms with Crippen LogP contribution in [0.25, 0.3) is 10.9 Å². The highest BCUT2D eigenvalue weighted by molar-refractivity contribution is 6.46. The molecule has 0 bridgehead atoms. The first kappa shape index (κ1) is 12.7. The molecular weight excluding hydrogens is 290 g/mol. The number of para-hydroxylation sites is 1. The van der Waals surface area contributed by atoms with Crippen molar-refractivity contribution in [2.75, 3.05) is 0 Å². The van der Waals surface area contributed by atoms with E-state index in [0.717, 1.165) is 4.68 Å². The Bertz CT molecular complexity index is 947. The summed E-state index contributed by atoms with van der Waals surface area (Å²) in [5.41, 5.74) is -2.31. The molecule has 0 spiro atoms. The molecule has 2 aliphatic rings. The summed E-state index contributed by atoms with van der Waals surface area (Å²) in [6, 6.07) is 5.85. The van der Waals surface area contributed by atoms with E-state index in [-0.39, 0.29) is 18.0 Å². The molecule has 9 heteroatoms. The average Bonchev–Trinajstić information content (AvgIpc) is 2.45. The van der Waals surface area contributed by atoms with E-state index < -0.39 is 23.2 Å². The van der Waals surface area contributed by atoms with E-state index in [9.17, 15) is 19.5 Å². The van der Waals surface area contributed by atoms with E-state index in [1.54, 1.807) is 24.3 Å². The zero-order valence-corrected chi connectivity index (χ0v) is 11.0. The SMILES string of the molecule is O=C1NC(=O)C2=Nn3c(nc4ccccc4c3=O)C[C@@]2(O)N1. The van der Waals surface area contributed by atoms with Crippen molar-refractivity contribution in [3.63, 3.8) is 0 Å². The molecule has 1 atom stereocenters. The van der Waals surface area contributed by atoms with Crippen LogP contribution in [0.15, 0.2) is 34.2 Å². The van der Waals surface area contributed by atoms with Gasteiger partial charge in [-0.3, -0.25) is 14.9 Å². The normalized spacial score (nSPS) is 23.2. The van der Waals surface area contributed by atoms with Crippen molar-refractivity contribution in [2.45, 2.75) is 12.1 Å². The lowest BCUT2D eigenvalue weighted by Crippen LogP contribution is -2.69. The monoisotopic (exact) mass is 299 g/mol. The van der Waals surface area contributed by atoms with Gasteiger partial charge in [0.05, 0.1) is 17.3 Å². The molecule has 1 aromatic carbocycles. The van der Waals surface area contributed by atoms with Crippen LogP contribution in [0.4, 0.5) is 4.79 Å². The highest BCUT2D eigenvalue weighted by Crippen LogP contribution is 2.20. The van der Waals surface area contributed by atoms with E-state index in [1.165, 1.54) is 0 Å². The number of nitrogens with zero attached hydrogens (tertiary/aromatic N) is 3. The van der Waals surface area contributed by atoms with Crippen molar-refractivity contribution in [3.8, 4) is 0 Å². The Morgan fingerprint density at radius 3 is 2.82 bits per heavy atom. The number of hydrogen-bond acceptors (Lipinski definition) is 6. The second-order valence-electron chi connectivity index (χ2n) is 5.06. The number of carbonyl (C=O) groups excluding carboxylic acids is 2. The van der Waals surface area contributed by atoms with Crippen LogP contribution in [-0.2, 0) is 11.2 Å². The fourth-order valence-corrected chi connectivity index (χ4v) is 2.60. The number of rotatable bonds is 0. The van der Waals surface area contributed by atoms with Crippen molar-refractivity contribution < 1.29 is 14.7 Å². The first-order valence-corrected chi connectivity index (χ1v) is 6.44. The zero-order chi connectivity index (χ0) is 15.5. The number of aliphatic hydroxyl groups is 1. The van der Waals surface area contributed by atoms with Crippen LogP contribution in [0.2, 0.25) is 0 Å². The third-order valence-corrected chi connectivity index (χ3v) is 3.59. The predicted molar refractivity (Wildman–Crippen MR) is 74.2 cm³/mol. The van der Waals surface area contributed by atoms with Crippen molar-refractivity contribution in [3.05, 3.63) is 40.4 Å². The first-order chi connectivity index (χ1) is 10.5. The van der Waals surface area contributed by atoms with Crippen molar-refractivity contribution in [1.82, 2.24) is 20.3 Å². The van der Waals surface area contributed by atoms with Crippen LogP contribution in [-0.4, -0.2) is 38.1 Å². The molecule has 4 rings (SSSR count). The maximum Gasteiger partial charge on any atom is 0.324 e. The number of aromatic nitrogens is 2. The Labute approximate surface area is 122 Å². The van der Waals surface area contributed by atoms with Crippen LogP contribution in [0.3, 0.4) is 0 Å². The van der Waals surface area contributed by atoms with Crippen LogP contribution in [0.5, 0.6) is 0 Å². The van der Waals surface area contributed by atoms with Crippen LogP contribution in [0.1, 0.15) is 5.82 Å². The van der Waals surface area contributed by atoms with Gasteiger partial charge in [0.1, 0.15) is 5.82 Å². The maximum absolute atomic E-state index is 12.4. The average molecular weight is 299 g/mol. The Morgan fingerprint density at radius 1 is 1.23 bits per heavy atom. The molecule has 1 aromatic heterocycles. The molecule has 3 amide bonds. The van der Waals surface area contributed by atoms with Gasteiger partial charge >= 0.3 is 6.03 Å². The molecule has 2 aromatic rings. The first-order valence-electron chi connectivity index (χ1n) is 6.44. The van der Waals surface area contributed by atoms with Crippen LogP contribution >= 0.6 is 0 Å². The fourth-order valence-electron chi connectivity index (χ4n) is 2.60. The molecule has 3 heterocycles. The summed E-state index contributed by atoms with van der Waals surface area (Å²) in [5, 5.41) is 18.9. The number of benzene rings is 1. The van der Waals surface area contributed by atoms with Crippen molar-refractivity contribution >= 4 is 28.6 Å². The van der Waals surface area contributed by atoms with Gasteiger partial charge in [0, 0.05) is 0 Å². The highest BCUT2D eigenvalue weighted by atomic mass is 16.3. The summed E-state index contributed by atoms with van der Waals surface area (Å²) in [5.74, 6) is -0.693. The lowest BCUT2D eigenvalue weighted by atomic mass is 9.99. The van der Waals surface area contributed by atoms with Gasteiger partial charge in [0.25, 0.3) is 11.5 Å². The molecule has 1 saturated heterocycles. The van der Waals surface area contributed by atoms with Gasteiger partial charge < -0.3 is 10.4 Å². The molecule has 3 N–H and O–H groups in total. The number of imide groups is 1. The Balaban J connectivity index is 2.01. The largest absolute Gasteiger partial charge is 0.365 e. The zero-order valence-electron chi connectivity index (χ0n) is 11.0. The number of hydrogen-bond donors (Lipinski definition) is 3. The quantitative estimate of drug-likeness (QED) is 0.556. The van der Waals surface area contributed by atoms with E-state index >= 15 is 0 Å². The van der Waals surface area contributed by atoms with Crippen LogP contribution in [0, 0.1) is 0 Å². The summed E-state index contributed by atoms with van der Waals surface area (Å²) in [4.78, 5) is 39.9. The minimum absolute atomic E-state index is 0.157. The van der Waals surface area contributed by atoms with Gasteiger partial charge in [-0.05, 0) is 12.1 Å². The molecule has 1 fully saturated rings. The molecule has 0 saturated carbocycles. The van der Waals surface area contributed by atoms with E-state index in [2.05, 4.69) is 15.4 Å². The molecule has 0 unspecified atom stereocenters. The molecule has 110 valence electrons. The van der Waals surface area contributed by atoms with Gasteiger partial charge in [-0.1, -0.05) is 12.1 Å². The summed E-state index contributed by atoms with van der Waals surface area (Å²) < 4.78 is 0.975. The lowest BCUT2D eigenvalue weighted by molar-refractivity contribution is -0.116. The fraction of sp³-hybridized carbons (Fsp3) is 0.154. The second kappa shape index (κ2) is 3.98. The predicted octanol–water partition coefficient (Wildman–Crippen LogP) is -1.32. The molecule has 2 aliphatic heterocycles. The summed E-state index contributed by atoms with van der Waals surface area (Å²) in [6.45, 7) is 0. The number of urea groups is 1. The van der Waals surface area contributed by atoms with Crippen molar-refractivity contribution in [1.29, 1.82) is 0 Å². The van der Waals surface area contributed by atoms with Crippen molar-refractivity contribution in [2.24, 2.45) is 5.10 Å². The standard InChI is InChI=1S/C13H9N5O4/c19-10-9-13(22,16-12(21)15-10)5-8-14-7-4-2-1-3-6(7)11(20)18(8)17-9/h1-4,22H,5H2,(H2,15,16,19,21)/t13-/m0/s1. The van der Waals surface area contributed by atoms with Gasteiger partial charge in [-0.25, -0.2) is 9.78 Å². The topological polar surface area (TPSA) is 126 Å². The molecule has 0 radical (unpaired) electrons.